The van der Waals surface area contributed by atoms with E-state index in [4.69, 9.17) is 0 Å². The van der Waals surface area contributed by atoms with Crippen molar-refractivity contribution in [2.45, 2.75) is 47.6 Å². The van der Waals surface area contributed by atoms with E-state index in [0.29, 0.717) is 11.4 Å². The van der Waals surface area contributed by atoms with Gasteiger partial charge in [0.05, 0.1) is 11.7 Å². The zero-order valence-corrected chi connectivity index (χ0v) is 17.4. The SMILES string of the molecule is C=C(C(NC(=O)Nc1ccc(N2C(=O)C=CC2=O)cc1)C(C)(C)C)C(C)(C)C. The van der Waals surface area contributed by atoms with E-state index in [9.17, 15) is 14.4 Å². The molecule has 4 amide bonds. The van der Waals surface area contributed by atoms with Gasteiger partial charge in [0, 0.05) is 17.8 Å². The monoisotopic (exact) mass is 383 g/mol. The second kappa shape index (κ2) is 7.62. The van der Waals surface area contributed by atoms with Crippen molar-refractivity contribution in [3.8, 4) is 0 Å². The van der Waals surface area contributed by atoms with Crippen LogP contribution < -0.4 is 15.5 Å². The van der Waals surface area contributed by atoms with Gasteiger partial charge in [0.2, 0.25) is 0 Å². The van der Waals surface area contributed by atoms with Crippen molar-refractivity contribution < 1.29 is 14.4 Å². The predicted molar refractivity (Wildman–Crippen MR) is 112 cm³/mol. The van der Waals surface area contributed by atoms with Gasteiger partial charge in [-0.3, -0.25) is 9.59 Å². The number of amides is 4. The van der Waals surface area contributed by atoms with E-state index in [2.05, 4.69) is 58.8 Å². The second-order valence-corrected chi connectivity index (χ2v) is 9.06. The van der Waals surface area contributed by atoms with E-state index in [-0.39, 0.29) is 34.7 Å². The van der Waals surface area contributed by atoms with Crippen LogP contribution in [0.25, 0.3) is 0 Å². The number of rotatable bonds is 4. The fourth-order valence-corrected chi connectivity index (χ4v) is 2.91. The minimum Gasteiger partial charge on any atom is -0.331 e. The molecule has 6 heteroatoms. The molecular weight excluding hydrogens is 354 g/mol. The molecule has 1 aromatic rings. The number of anilines is 2. The fraction of sp³-hybridized carbons (Fsp3) is 0.409. The highest BCUT2D eigenvalue weighted by Crippen LogP contribution is 2.34. The van der Waals surface area contributed by atoms with Gasteiger partial charge in [-0.25, -0.2) is 9.69 Å². The Balaban J connectivity index is 2.08. The quantitative estimate of drug-likeness (QED) is 0.602. The summed E-state index contributed by atoms with van der Waals surface area (Å²) in [6.07, 6.45) is 2.47. The van der Waals surface area contributed by atoms with Crippen LogP contribution in [0.5, 0.6) is 0 Å². The van der Waals surface area contributed by atoms with Gasteiger partial charge >= 0.3 is 6.03 Å². The van der Waals surface area contributed by atoms with E-state index in [1.807, 2.05) is 0 Å². The summed E-state index contributed by atoms with van der Waals surface area (Å²) >= 11 is 0. The molecule has 1 unspecified atom stereocenters. The van der Waals surface area contributed by atoms with Crippen molar-refractivity contribution in [3.63, 3.8) is 0 Å². The van der Waals surface area contributed by atoms with Gasteiger partial charge in [-0.2, -0.15) is 0 Å². The molecule has 1 atom stereocenters. The highest BCUT2D eigenvalue weighted by atomic mass is 16.2. The summed E-state index contributed by atoms with van der Waals surface area (Å²) in [5.41, 5.74) is 1.62. The molecule has 1 aromatic carbocycles. The van der Waals surface area contributed by atoms with Crippen LogP contribution in [0, 0.1) is 10.8 Å². The van der Waals surface area contributed by atoms with Crippen LogP contribution in [-0.4, -0.2) is 23.9 Å². The normalized spacial score (nSPS) is 15.6. The lowest BCUT2D eigenvalue weighted by Crippen LogP contribution is -2.48. The second-order valence-electron chi connectivity index (χ2n) is 9.06. The molecule has 6 nitrogen and oxygen atoms in total. The number of hydrogen-bond donors (Lipinski definition) is 2. The minimum absolute atomic E-state index is 0.143. The molecule has 1 heterocycles. The van der Waals surface area contributed by atoms with E-state index in [0.717, 1.165) is 10.5 Å². The first-order valence-corrected chi connectivity index (χ1v) is 9.23. The molecule has 0 spiro atoms. The number of imide groups is 1. The maximum Gasteiger partial charge on any atom is 0.319 e. The molecule has 150 valence electrons. The predicted octanol–water partition coefficient (Wildman–Crippen LogP) is 4.25. The summed E-state index contributed by atoms with van der Waals surface area (Å²) in [4.78, 5) is 37.1. The third-order valence-electron chi connectivity index (χ3n) is 4.65. The zero-order chi connectivity index (χ0) is 21.3. The first-order chi connectivity index (χ1) is 12.8. The van der Waals surface area contributed by atoms with Gasteiger partial charge in [0.1, 0.15) is 0 Å². The molecule has 1 aliphatic rings. The zero-order valence-electron chi connectivity index (χ0n) is 17.4. The molecule has 28 heavy (non-hydrogen) atoms. The number of urea groups is 1. The molecular formula is C22H29N3O3. The highest BCUT2D eigenvalue weighted by molar-refractivity contribution is 6.28. The number of hydrogen-bond acceptors (Lipinski definition) is 3. The van der Waals surface area contributed by atoms with Crippen molar-refractivity contribution in [2.75, 3.05) is 10.2 Å². The highest BCUT2D eigenvalue weighted by Gasteiger charge is 2.33. The van der Waals surface area contributed by atoms with E-state index >= 15 is 0 Å². The Labute approximate surface area is 166 Å². The largest absolute Gasteiger partial charge is 0.331 e. The number of benzene rings is 1. The van der Waals surface area contributed by atoms with E-state index in [1.165, 1.54) is 12.2 Å². The van der Waals surface area contributed by atoms with Gasteiger partial charge in [-0.1, -0.05) is 48.1 Å². The Bertz CT molecular complexity index is 806. The Hall–Kier alpha value is -2.89. The maximum absolute atomic E-state index is 12.6. The van der Waals surface area contributed by atoms with Crippen molar-refractivity contribution in [2.24, 2.45) is 10.8 Å². The summed E-state index contributed by atoms with van der Waals surface area (Å²) < 4.78 is 0. The van der Waals surface area contributed by atoms with Crippen LogP contribution in [0.1, 0.15) is 41.5 Å². The lowest BCUT2D eigenvalue weighted by Gasteiger charge is -2.38. The Morgan fingerprint density at radius 2 is 1.46 bits per heavy atom. The summed E-state index contributed by atoms with van der Waals surface area (Å²) in [7, 11) is 0. The van der Waals surface area contributed by atoms with Gasteiger partial charge in [0.15, 0.2) is 0 Å². The molecule has 0 radical (unpaired) electrons. The van der Waals surface area contributed by atoms with E-state index < -0.39 is 0 Å². The molecule has 0 aromatic heterocycles. The third kappa shape index (κ3) is 4.88. The first-order valence-electron chi connectivity index (χ1n) is 9.23. The number of carbonyl (C=O) groups is 3. The van der Waals surface area contributed by atoms with Crippen molar-refractivity contribution in [1.82, 2.24) is 5.32 Å². The molecule has 2 rings (SSSR count). The topological polar surface area (TPSA) is 78.5 Å². The molecule has 2 N–H and O–H groups in total. The Kier molecular flexibility index (Phi) is 5.83. The average molecular weight is 383 g/mol. The minimum atomic E-state index is -0.378. The lowest BCUT2D eigenvalue weighted by atomic mass is 9.73. The number of nitrogens with one attached hydrogen (secondary N) is 2. The van der Waals surface area contributed by atoms with Crippen LogP contribution in [0.2, 0.25) is 0 Å². The number of nitrogens with zero attached hydrogens (tertiary/aromatic N) is 1. The molecule has 0 aliphatic carbocycles. The Morgan fingerprint density at radius 3 is 1.89 bits per heavy atom. The number of carbonyl (C=O) groups excluding carboxylic acids is 3. The van der Waals surface area contributed by atoms with Crippen LogP contribution in [-0.2, 0) is 9.59 Å². The third-order valence-corrected chi connectivity index (χ3v) is 4.65. The molecule has 0 bridgehead atoms. The van der Waals surface area contributed by atoms with Gasteiger partial charge in [-0.15, -0.1) is 0 Å². The summed E-state index contributed by atoms with van der Waals surface area (Å²) in [5.74, 6) is -0.755. The Morgan fingerprint density at radius 1 is 0.964 bits per heavy atom. The smallest absolute Gasteiger partial charge is 0.319 e. The summed E-state index contributed by atoms with van der Waals surface area (Å²) in [6, 6.07) is 5.99. The van der Waals surface area contributed by atoms with Crippen LogP contribution in [0.4, 0.5) is 16.2 Å². The van der Waals surface area contributed by atoms with Crippen molar-refractivity contribution >= 4 is 29.2 Å². The van der Waals surface area contributed by atoms with Crippen LogP contribution in [0.3, 0.4) is 0 Å². The van der Waals surface area contributed by atoms with Crippen molar-refractivity contribution in [3.05, 3.63) is 48.6 Å². The summed E-state index contributed by atoms with van der Waals surface area (Å²) in [6.45, 7) is 16.6. The first kappa shape index (κ1) is 21.4. The summed E-state index contributed by atoms with van der Waals surface area (Å²) in [5, 5.41) is 5.81. The van der Waals surface area contributed by atoms with Crippen molar-refractivity contribution in [1.29, 1.82) is 0 Å². The van der Waals surface area contributed by atoms with Gasteiger partial charge < -0.3 is 10.6 Å². The van der Waals surface area contributed by atoms with Gasteiger partial charge in [-0.05, 0) is 40.7 Å². The van der Waals surface area contributed by atoms with Gasteiger partial charge in [0.25, 0.3) is 11.8 Å². The molecule has 0 saturated heterocycles. The average Bonchev–Trinajstić information content (AvgIpc) is 2.90. The standard InChI is InChI=1S/C22H29N3O3/c1-14(21(2,3)4)19(22(5,6)7)24-20(28)23-15-8-10-16(11-9-15)25-17(26)12-13-18(25)27/h8-13,19H,1H2,2-7H3,(H2,23,24,28). The molecule has 1 aliphatic heterocycles. The molecule has 0 fully saturated rings. The molecule has 0 saturated carbocycles. The fourth-order valence-electron chi connectivity index (χ4n) is 2.91. The maximum atomic E-state index is 12.6. The van der Waals surface area contributed by atoms with Crippen LogP contribution in [0.15, 0.2) is 48.6 Å². The van der Waals surface area contributed by atoms with Crippen LogP contribution >= 0.6 is 0 Å². The lowest BCUT2D eigenvalue weighted by molar-refractivity contribution is -0.119. The van der Waals surface area contributed by atoms with E-state index in [1.54, 1.807) is 24.3 Å².